The normalized spacial score (nSPS) is 29.8. The Hall–Kier alpha value is -1.73. The molecule has 5 unspecified atom stereocenters. The molecule has 27 heavy (non-hydrogen) atoms. The zero-order valence-electron chi connectivity index (χ0n) is 16.3. The van der Waals surface area contributed by atoms with Crippen LogP contribution in [0.1, 0.15) is 53.9 Å². The Bertz CT molecular complexity index is 622. The molecular weight excluding hydrogens is 365 g/mol. The molecule has 0 aromatic carbocycles. The van der Waals surface area contributed by atoms with Crippen LogP contribution in [0.3, 0.4) is 0 Å². The summed E-state index contributed by atoms with van der Waals surface area (Å²) in [6.07, 6.45) is -5.52. The molecule has 0 spiro atoms. The minimum Gasteiger partial charge on any atom is -0.459 e. The van der Waals surface area contributed by atoms with Gasteiger partial charge in [0.05, 0.1) is 0 Å². The van der Waals surface area contributed by atoms with Crippen molar-refractivity contribution in [2.75, 3.05) is 0 Å². The third-order valence-corrected chi connectivity index (χ3v) is 5.35. The molecule has 0 amide bonds. The van der Waals surface area contributed by atoms with E-state index in [9.17, 15) is 22.8 Å². The molecule has 0 heterocycles. The quantitative estimate of drug-likeness (QED) is 0.508. The van der Waals surface area contributed by atoms with Crippen molar-refractivity contribution in [3.8, 4) is 0 Å². The van der Waals surface area contributed by atoms with Gasteiger partial charge in [-0.25, -0.2) is 9.59 Å². The van der Waals surface area contributed by atoms with Crippen LogP contribution in [0, 0.1) is 17.8 Å². The van der Waals surface area contributed by atoms with Crippen LogP contribution in [0.4, 0.5) is 18.0 Å². The summed E-state index contributed by atoms with van der Waals surface area (Å²) in [6, 6.07) is 0. The van der Waals surface area contributed by atoms with Crippen LogP contribution >= 0.6 is 0 Å². The van der Waals surface area contributed by atoms with Gasteiger partial charge in [0.2, 0.25) is 5.60 Å². The van der Waals surface area contributed by atoms with E-state index < -0.39 is 41.5 Å². The summed E-state index contributed by atoms with van der Waals surface area (Å²) in [7, 11) is 0. The van der Waals surface area contributed by atoms with Crippen LogP contribution in [-0.4, -0.2) is 35.6 Å². The van der Waals surface area contributed by atoms with E-state index in [-0.39, 0.29) is 23.8 Å². The molecule has 5 atom stereocenters. The van der Waals surface area contributed by atoms with E-state index in [1.807, 2.05) is 0 Å². The zero-order valence-corrected chi connectivity index (χ0v) is 16.3. The van der Waals surface area contributed by atoms with Crippen molar-refractivity contribution in [3.63, 3.8) is 0 Å². The van der Waals surface area contributed by atoms with Crippen molar-refractivity contribution in [2.45, 2.75) is 77.4 Å². The summed E-state index contributed by atoms with van der Waals surface area (Å²) >= 11 is 0. The Morgan fingerprint density at radius 2 is 1.56 bits per heavy atom. The molecule has 2 fully saturated rings. The van der Waals surface area contributed by atoms with Gasteiger partial charge in [0.15, 0.2) is 0 Å². The maximum absolute atomic E-state index is 13.9. The fourth-order valence-corrected chi connectivity index (χ4v) is 4.07. The standard InChI is InChI=1S/C19H27F3O5/c1-10(2)15(23)25-14-9-11-7-12(14)8-13(11)18(6,19(20,21)22)27-16(24)26-17(3,4)5/h11-14H,1,7-9H2,2-6H3. The largest absolute Gasteiger partial charge is 0.509 e. The molecule has 8 heteroatoms. The van der Waals surface area contributed by atoms with Gasteiger partial charge < -0.3 is 14.2 Å². The Balaban J connectivity index is 2.13. The lowest BCUT2D eigenvalue weighted by Gasteiger charge is -2.41. The van der Waals surface area contributed by atoms with E-state index in [2.05, 4.69) is 6.58 Å². The lowest BCUT2D eigenvalue weighted by molar-refractivity contribution is -0.283. The van der Waals surface area contributed by atoms with Crippen molar-refractivity contribution < 1.29 is 37.0 Å². The van der Waals surface area contributed by atoms with Crippen LogP contribution in [0.15, 0.2) is 12.2 Å². The first-order valence-electron chi connectivity index (χ1n) is 8.99. The number of alkyl halides is 3. The summed E-state index contributed by atoms with van der Waals surface area (Å²) in [4.78, 5) is 23.6. The van der Waals surface area contributed by atoms with Gasteiger partial charge in [-0.1, -0.05) is 6.58 Å². The van der Waals surface area contributed by atoms with Crippen LogP contribution in [-0.2, 0) is 19.0 Å². The zero-order chi connectivity index (χ0) is 20.8. The van der Waals surface area contributed by atoms with Gasteiger partial charge >= 0.3 is 18.3 Å². The number of hydrogen-bond acceptors (Lipinski definition) is 5. The molecule has 0 aliphatic heterocycles. The monoisotopic (exact) mass is 392 g/mol. The minimum absolute atomic E-state index is 0.164. The smallest absolute Gasteiger partial charge is 0.459 e. The maximum Gasteiger partial charge on any atom is 0.509 e. The van der Waals surface area contributed by atoms with Crippen molar-refractivity contribution >= 4 is 12.1 Å². The molecule has 0 aromatic rings. The van der Waals surface area contributed by atoms with Crippen molar-refractivity contribution in [2.24, 2.45) is 17.8 Å². The minimum atomic E-state index is -4.75. The van der Waals surface area contributed by atoms with Gasteiger partial charge in [-0.15, -0.1) is 0 Å². The lowest BCUT2D eigenvalue weighted by Crippen LogP contribution is -2.54. The van der Waals surface area contributed by atoms with Gasteiger partial charge in [0.25, 0.3) is 0 Å². The van der Waals surface area contributed by atoms with E-state index in [1.165, 1.54) is 6.92 Å². The van der Waals surface area contributed by atoms with Crippen LogP contribution < -0.4 is 0 Å². The van der Waals surface area contributed by atoms with E-state index in [0.717, 1.165) is 6.92 Å². The van der Waals surface area contributed by atoms with Crippen LogP contribution in [0.25, 0.3) is 0 Å². The molecule has 2 aliphatic carbocycles. The number of esters is 1. The van der Waals surface area contributed by atoms with Gasteiger partial charge in [0.1, 0.15) is 11.7 Å². The van der Waals surface area contributed by atoms with E-state index >= 15 is 0 Å². The Labute approximate surface area is 157 Å². The number of ether oxygens (including phenoxy) is 3. The highest BCUT2D eigenvalue weighted by molar-refractivity contribution is 5.87. The van der Waals surface area contributed by atoms with E-state index in [4.69, 9.17) is 14.2 Å². The average Bonchev–Trinajstić information content (AvgIpc) is 3.03. The topological polar surface area (TPSA) is 61.8 Å². The summed E-state index contributed by atoms with van der Waals surface area (Å²) in [5.74, 6) is -1.98. The highest BCUT2D eigenvalue weighted by atomic mass is 19.4. The molecule has 0 aromatic heterocycles. The lowest BCUT2D eigenvalue weighted by atomic mass is 9.75. The maximum atomic E-state index is 13.9. The molecule has 5 nitrogen and oxygen atoms in total. The third kappa shape index (κ3) is 4.58. The Morgan fingerprint density at radius 1 is 0.963 bits per heavy atom. The first-order chi connectivity index (χ1) is 12.1. The predicted molar refractivity (Wildman–Crippen MR) is 90.8 cm³/mol. The summed E-state index contributed by atoms with van der Waals surface area (Å²) < 4.78 is 56.7. The second-order valence-corrected chi connectivity index (χ2v) is 8.73. The van der Waals surface area contributed by atoms with Gasteiger partial charge in [-0.3, -0.25) is 0 Å². The third-order valence-electron chi connectivity index (χ3n) is 5.35. The average molecular weight is 392 g/mol. The Kier molecular flexibility index (Phi) is 5.61. The SMILES string of the molecule is C=C(C)C(=O)OC1CC2CC1CC2C(C)(OC(=O)OC(C)(C)C)C(F)(F)F. The molecule has 154 valence electrons. The van der Waals surface area contributed by atoms with Crippen molar-refractivity contribution in [1.82, 2.24) is 0 Å². The number of fused-ring (bicyclic) bond motifs is 2. The number of carbonyl (C=O) groups is 2. The molecule has 2 aliphatic rings. The highest BCUT2D eigenvalue weighted by Gasteiger charge is 2.65. The number of carbonyl (C=O) groups excluding carboxylic acids is 2. The molecular formula is C19H27F3O5. The second kappa shape index (κ2) is 7.02. The molecule has 0 radical (unpaired) electrons. The summed E-state index contributed by atoms with van der Waals surface area (Å²) in [6.45, 7) is 10.6. The number of halogens is 3. The number of rotatable bonds is 4. The van der Waals surface area contributed by atoms with Gasteiger partial charge in [-0.2, -0.15) is 13.2 Å². The first kappa shape index (κ1) is 21.6. The highest BCUT2D eigenvalue weighted by Crippen LogP contribution is 2.57. The van der Waals surface area contributed by atoms with Crippen molar-refractivity contribution in [1.29, 1.82) is 0 Å². The molecule has 2 bridgehead atoms. The van der Waals surface area contributed by atoms with Crippen LogP contribution in [0.2, 0.25) is 0 Å². The first-order valence-corrected chi connectivity index (χ1v) is 8.99. The van der Waals surface area contributed by atoms with E-state index in [0.29, 0.717) is 12.8 Å². The molecule has 2 rings (SSSR count). The predicted octanol–water partition coefficient (Wildman–Crippen LogP) is 4.79. The van der Waals surface area contributed by atoms with Crippen molar-refractivity contribution in [3.05, 3.63) is 12.2 Å². The van der Waals surface area contributed by atoms with E-state index in [1.54, 1.807) is 20.8 Å². The molecule has 2 saturated carbocycles. The van der Waals surface area contributed by atoms with Gasteiger partial charge in [-0.05, 0) is 65.7 Å². The van der Waals surface area contributed by atoms with Gasteiger partial charge in [0, 0.05) is 11.5 Å². The summed E-state index contributed by atoms with van der Waals surface area (Å²) in [5.41, 5.74) is -3.36. The number of hydrogen-bond donors (Lipinski definition) is 0. The Morgan fingerprint density at radius 3 is 1.96 bits per heavy atom. The second-order valence-electron chi connectivity index (χ2n) is 8.73. The summed E-state index contributed by atoms with van der Waals surface area (Å²) in [5, 5.41) is 0. The molecule has 0 saturated heterocycles. The van der Waals surface area contributed by atoms with Crippen LogP contribution in [0.5, 0.6) is 0 Å². The fraction of sp³-hybridized carbons (Fsp3) is 0.789. The molecule has 0 N–H and O–H groups in total. The fourth-order valence-electron chi connectivity index (χ4n) is 4.07.